The molecule has 0 radical (unpaired) electrons. The summed E-state index contributed by atoms with van der Waals surface area (Å²) in [6.07, 6.45) is 1.11. The molecule has 1 aromatic rings. The molecule has 0 aliphatic heterocycles. The van der Waals surface area contributed by atoms with E-state index in [4.69, 9.17) is 4.74 Å². The molecule has 0 atom stereocenters. The summed E-state index contributed by atoms with van der Waals surface area (Å²) in [6.45, 7) is 9.61. The van der Waals surface area contributed by atoms with Crippen LogP contribution in [-0.2, 0) is 16.1 Å². The summed E-state index contributed by atoms with van der Waals surface area (Å²) >= 11 is 5.01. The van der Waals surface area contributed by atoms with Crippen LogP contribution in [0.2, 0.25) is 0 Å². The van der Waals surface area contributed by atoms with Crippen LogP contribution in [0, 0.1) is 0 Å². The van der Waals surface area contributed by atoms with Crippen LogP contribution in [0.3, 0.4) is 0 Å². The Labute approximate surface area is 140 Å². The molecule has 1 rings (SSSR count). The van der Waals surface area contributed by atoms with Crippen LogP contribution in [0.15, 0.2) is 27.6 Å². The Hall–Kier alpha value is -0.520. The predicted molar refractivity (Wildman–Crippen MR) is 92.7 cm³/mol. The fourth-order valence-electron chi connectivity index (χ4n) is 1.72. The smallest absolute Gasteiger partial charge is 0.316 e. The Bertz CT molecular complexity index is 472. The van der Waals surface area contributed by atoms with Crippen molar-refractivity contribution in [3.8, 4) is 0 Å². The fourth-order valence-corrected chi connectivity index (χ4v) is 3.10. The summed E-state index contributed by atoms with van der Waals surface area (Å²) in [6, 6.07) is 6.17. The maximum atomic E-state index is 11.8. The van der Waals surface area contributed by atoms with Crippen molar-refractivity contribution in [3.63, 3.8) is 0 Å². The highest BCUT2D eigenvalue weighted by molar-refractivity contribution is 9.10. The van der Waals surface area contributed by atoms with Gasteiger partial charge < -0.3 is 10.1 Å². The molecule has 0 aromatic heterocycles. The number of carbonyl (C=O) groups is 1. The Morgan fingerprint density at radius 1 is 1.38 bits per heavy atom. The standard InChI is InChI=1S/C16H24BrNO2S/c1-5-8-18-10-12-6-7-13(17)9-14(12)21-11-15(19)20-16(2,3)4/h6-7,9,18H,5,8,10-11H2,1-4H3. The summed E-state index contributed by atoms with van der Waals surface area (Å²) < 4.78 is 6.36. The first kappa shape index (κ1) is 18.5. The molecule has 0 amide bonds. The lowest BCUT2D eigenvalue weighted by atomic mass is 10.2. The van der Waals surface area contributed by atoms with Crippen LogP contribution < -0.4 is 5.32 Å². The molecule has 1 aromatic carbocycles. The largest absolute Gasteiger partial charge is 0.459 e. The Morgan fingerprint density at radius 3 is 2.71 bits per heavy atom. The topological polar surface area (TPSA) is 38.3 Å². The van der Waals surface area contributed by atoms with Gasteiger partial charge >= 0.3 is 5.97 Å². The number of nitrogens with one attached hydrogen (secondary N) is 1. The third kappa shape index (κ3) is 7.88. The molecular formula is C16H24BrNO2S. The van der Waals surface area contributed by atoms with Gasteiger partial charge in [0.25, 0.3) is 0 Å². The number of esters is 1. The van der Waals surface area contributed by atoms with Crippen molar-refractivity contribution in [3.05, 3.63) is 28.2 Å². The number of ether oxygens (including phenoxy) is 1. The zero-order chi connectivity index (χ0) is 15.9. The molecule has 0 saturated heterocycles. The molecule has 0 bridgehead atoms. The van der Waals surface area contributed by atoms with Gasteiger partial charge in [-0.3, -0.25) is 4.79 Å². The molecule has 5 heteroatoms. The van der Waals surface area contributed by atoms with Crippen LogP contribution in [-0.4, -0.2) is 23.9 Å². The van der Waals surface area contributed by atoms with E-state index in [2.05, 4.69) is 40.3 Å². The summed E-state index contributed by atoms with van der Waals surface area (Å²) in [7, 11) is 0. The van der Waals surface area contributed by atoms with E-state index >= 15 is 0 Å². The summed E-state index contributed by atoms with van der Waals surface area (Å²) in [5.41, 5.74) is 0.778. The highest BCUT2D eigenvalue weighted by atomic mass is 79.9. The molecule has 118 valence electrons. The monoisotopic (exact) mass is 373 g/mol. The lowest BCUT2D eigenvalue weighted by Gasteiger charge is -2.19. The van der Waals surface area contributed by atoms with E-state index in [1.807, 2.05) is 26.8 Å². The highest BCUT2D eigenvalue weighted by Gasteiger charge is 2.16. The molecular weight excluding hydrogens is 350 g/mol. The zero-order valence-corrected chi connectivity index (χ0v) is 15.6. The highest BCUT2D eigenvalue weighted by Crippen LogP contribution is 2.27. The van der Waals surface area contributed by atoms with Gasteiger partial charge in [-0.2, -0.15) is 0 Å². The second kappa shape index (κ2) is 8.81. The molecule has 1 N–H and O–H groups in total. The second-order valence-corrected chi connectivity index (χ2v) is 7.74. The van der Waals surface area contributed by atoms with Gasteiger partial charge in [0, 0.05) is 15.9 Å². The van der Waals surface area contributed by atoms with E-state index in [0.717, 1.165) is 28.9 Å². The third-order valence-electron chi connectivity index (χ3n) is 2.54. The average molecular weight is 374 g/mol. The normalized spacial score (nSPS) is 11.5. The number of rotatable bonds is 7. The predicted octanol–water partition coefficient (Wildman–Crippen LogP) is 4.38. The first-order valence-electron chi connectivity index (χ1n) is 7.15. The van der Waals surface area contributed by atoms with Crippen molar-refractivity contribution in [1.82, 2.24) is 5.32 Å². The number of thioether (sulfide) groups is 1. The van der Waals surface area contributed by atoms with Crippen LogP contribution in [0.1, 0.15) is 39.7 Å². The molecule has 0 aliphatic rings. The van der Waals surface area contributed by atoms with Gasteiger partial charge in [-0.25, -0.2) is 0 Å². The minimum absolute atomic E-state index is 0.181. The number of carbonyl (C=O) groups excluding carboxylic acids is 1. The van der Waals surface area contributed by atoms with E-state index in [1.54, 1.807) is 0 Å². The molecule has 0 spiro atoms. The van der Waals surface area contributed by atoms with Crippen molar-refractivity contribution < 1.29 is 9.53 Å². The quantitative estimate of drug-likeness (QED) is 0.437. The van der Waals surface area contributed by atoms with Gasteiger partial charge in [0.2, 0.25) is 0 Å². The number of hydrogen-bond donors (Lipinski definition) is 1. The van der Waals surface area contributed by atoms with Crippen LogP contribution in [0.4, 0.5) is 0 Å². The SMILES string of the molecule is CCCNCc1ccc(Br)cc1SCC(=O)OC(C)(C)C. The minimum atomic E-state index is -0.430. The first-order chi connectivity index (χ1) is 9.81. The second-order valence-electron chi connectivity index (χ2n) is 5.80. The first-order valence-corrected chi connectivity index (χ1v) is 8.93. The maximum Gasteiger partial charge on any atom is 0.316 e. The molecule has 0 aliphatic carbocycles. The lowest BCUT2D eigenvalue weighted by molar-refractivity contribution is -0.151. The van der Waals surface area contributed by atoms with Crippen molar-refractivity contribution in [1.29, 1.82) is 0 Å². The molecule has 0 fully saturated rings. The molecule has 21 heavy (non-hydrogen) atoms. The van der Waals surface area contributed by atoms with Gasteiger partial charge in [0.05, 0.1) is 5.75 Å². The van der Waals surface area contributed by atoms with Gasteiger partial charge in [-0.15, -0.1) is 11.8 Å². The Morgan fingerprint density at radius 2 is 2.10 bits per heavy atom. The van der Waals surface area contributed by atoms with E-state index in [9.17, 15) is 4.79 Å². The Balaban J connectivity index is 2.64. The van der Waals surface area contributed by atoms with Crippen LogP contribution in [0.5, 0.6) is 0 Å². The van der Waals surface area contributed by atoms with Gasteiger partial charge in [-0.1, -0.05) is 28.9 Å². The third-order valence-corrected chi connectivity index (χ3v) is 4.10. The molecule has 0 unspecified atom stereocenters. The van der Waals surface area contributed by atoms with Gasteiger partial charge in [0.15, 0.2) is 0 Å². The van der Waals surface area contributed by atoms with Crippen molar-refractivity contribution >= 4 is 33.7 Å². The number of halogens is 1. The molecule has 0 saturated carbocycles. The summed E-state index contributed by atoms with van der Waals surface area (Å²) in [5, 5.41) is 3.39. The average Bonchev–Trinajstić information content (AvgIpc) is 2.37. The van der Waals surface area contributed by atoms with Crippen LogP contribution in [0.25, 0.3) is 0 Å². The van der Waals surface area contributed by atoms with E-state index in [1.165, 1.54) is 17.3 Å². The van der Waals surface area contributed by atoms with Crippen molar-refractivity contribution in [2.75, 3.05) is 12.3 Å². The minimum Gasteiger partial charge on any atom is -0.459 e. The van der Waals surface area contributed by atoms with Crippen LogP contribution >= 0.6 is 27.7 Å². The van der Waals surface area contributed by atoms with Gasteiger partial charge in [0.1, 0.15) is 5.60 Å². The van der Waals surface area contributed by atoms with E-state index in [0.29, 0.717) is 5.75 Å². The Kier molecular flexibility index (Phi) is 7.77. The number of benzene rings is 1. The van der Waals surface area contributed by atoms with E-state index in [-0.39, 0.29) is 5.97 Å². The lowest BCUT2D eigenvalue weighted by Crippen LogP contribution is -2.25. The summed E-state index contributed by atoms with van der Waals surface area (Å²) in [4.78, 5) is 12.9. The fraction of sp³-hybridized carbons (Fsp3) is 0.562. The van der Waals surface area contributed by atoms with Crippen molar-refractivity contribution in [2.24, 2.45) is 0 Å². The molecule has 3 nitrogen and oxygen atoms in total. The maximum absolute atomic E-state index is 11.8. The summed E-state index contributed by atoms with van der Waals surface area (Å²) in [5.74, 6) is 0.147. The van der Waals surface area contributed by atoms with E-state index < -0.39 is 5.60 Å². The van der Waals surface area contributed by atoms with Gasteiger partial charge in [-0.05, 0) is 51.4 Å². The van der Waals surface area contributed by atoms with Crippen molar-refractivity contribution in [2.45, 2.75) is 51.2 Å². The molecule has 0 heterocycles. The number of hydrogen-bond acceptors (Lipinski definition) is 4. The zero-order valence-electron chi connectivity index (χ0n) is 13.2.